The van der Waals surface area contributed by atoms with Crippen LogP contribution in [-0.2, 0) is 25.8 Å². The number of ether oxygens (including phenoxy) is 1. The lowest BCUT2D eigenvalue weighted by Crippen LogP contribution is -2.32. The van der Waals surface area contributed by atoms with Gasteiger partial charge < -0.3 is 14.8 Å². The largest absolute Gasteiger partial charge is 0.569 e. The Bertz CT molecular complexity index is 2050. The number of alkyl halides is 3. The van der Waals surface area contributed by atoms with Crippen molar-refractivity contribution in [3.05, 3.63) is 106 Å². The third kappa shape index (κ3) is 8.66. The molecule has 3 amide bonds. The van der Waals surface area contributed by atoms with E-state index < -0.39 is 46.5 Å². The maximum atomic E-state index is 13.5. The molecule has 0 spiro atoms. The maximum Gasteiger partial charge on any atom is 0.435 e. The predicted octanol–water partition coefficient (Wildman–Crippen LogP) is 5.45. The molecule has 4 aromatic rings. The fourth-order valence-corrected chi connectivity index (χ4v) is 5.92. The fraction of sp³-hybridized carbons (Fsp3) is 0.273. The molecule has 0 saturated carbocycles. The second-order valence-corrected chi connectivity index (χ2v) is 13.2. The van der Waals surface area contributed by atoms with Gasteiger partial charge >= 0.3 is 12.3 Å². The minimum Gasteiger partial charge on any atom is -0.569 e. The summed E-state index contributed by atoms with van der Waals surface area (Å²) in [4.78, 5) is 42.4. The normalized spacial score (nSPS) is 13.2. The number of benzene rings is 3. The molecule has 0 radical (unpaired) electrons. The highest BCUT2D eigenvalue weighted by Gasteiger charge is 2.36. The van der Waals surface area contributed by atoms with Gasteiger partial charge in [0.05, 0.1) is 52.6 Å². The lowest BCUT2D eigenvalue weighted by molar-refractivity contribution is -0.705. The summed E-state index contributed by atoms with van der Waals surface area (Å²) < 4.78 is 73.9. The molecule has 19 heteroatoms. The second kappa shape index (κ2) is 15.5. The number of hydrazine groups is 1. The van der Waals surface area contributed by atoms with Crippen molar-refractivity contribution < 1.29 is 50.5 Å². The monoisotopic (exact) mass is 743 g/mol. The number of imide groups is 1. The standard InChI is InChI=1S/C33H32F3N7O8S/c1-22-10-12-23(13-11-22)28-20-29(33(34,35)36)37-42(28)24-14-16-25(17-15-24)52(48,49)38-32(46)50-19-7-3-6-18-40(2)43(47)39-51-21-41-30(44)26-8-4-5-9-27(26)31(41)45/h4-5,8-17,20H,3,6-7,18-19,21H2,1-2H3,(H,38,46)/b43-39-. The molecule has 1 aliphatic rings. The van der Waals surface area contributed by atoms with Crippen molar-refractivity contribution in [3.8, 4) is 16.9 Å². The van der Waals surface area contributed by atoms with Crippen LogP contribution in [0.2, 0.25) is 0 Å². The van der Waals surface area contributed by atoms with E-state index in [1.165, 1.54) is 36.3 Å². The van der Waals surface area contributed by atoms with Crippen LogP contribution >= 0.6 is 0 Å². The summed E-state index contributed by atoms with van der Waals surface area (Å²) in [5.41, 5.74) is 1.01. The molecule has 2 heterocycles. The van der Waals surface area contributed by atoms with E-state index in [9.17, 15) is 41.2 Å². The SMILES string of the molecule is Cc1ccc(-c2cc(C(F)(F)F)nn2-c2ccc(S(=O)(=O)NC(=O)OCCCCCN(C)/[N+]([O-])=N/OCN3C(=O)c4ccccc4C3=O)cc2)cc1. The molecule has 1 aromatic heterocycles. The highest BCUT2D eigenvalue weighted by Crippen LogP contribution is 2.33. The van der Waals surface area contributed by atoms with Gasteiger partial charge in [-0.05, 0) is 68.7 Å². The minimum absolute atomic E-state index is 0.137. The van der Waals surface area contributed by atoms with Crippen LogP contribution in [0.1, 0.15) is 51.2 Å². The molecule has 5 rings (SSSR count). The van der Waals surface area contributed by atoms with Crippen LogP contribution in [0.25, 0.3) is 16.9 Å². The van der Waals surface area contributed by atoms with Crippen LogP contribution in [0, 0.1) is 12.1 Å². The molecule has 0 atom stereocenters. The minimum atomic E-state index is -4.71. The van der Waals surface area contributed by atoms with Gasteiger partial charge in [-0.1, -0.05) is 42.0 Å². The third-order valence-electron chi connectivity index (χ3n) is 7.80. The van der Waals surface area contributed by atoms with E-state index in [0.29, 0.717) is 24.8 Å². The number of halogens is 3. The van der Waals surface area contributed by atoms with Crippen LogP contribution in [0.4, 0.5) is 18.0 Å². The zero-order chi connectivity index (χ0) is 37.6. The summed E-state index contributed by atoms with van der Waals surface area (Å²) in [7, 11) is -2.96. The predicted molar refractivity (Wildman–Crippen MR) is 176 cm³/mol. The van der Waals surface area contributed by atoms with Gasteiger partial charge in [-0.15, -0.1) is 5.01 Å². The van der Waals surface area contributed by atoms with Crippen molar-refractivity contribution in [2.45, 2.75) is 37.3 Å². The van der Waals surface area contributed by atoms with E-state index in [-0.39, 0.29) is 45.5 Å². The van der Waals surface area contributed by atoms with Crippen LogP contribution in [0.5, 0.6) is 0 Å². The van der Waals surface area contributed by atoms with E-state index in [0.717, 1.165) is 33.3 Å². The first kappa shape index (κ1) is 37.3. The molecule has 52 heavy (non-hydrogen) atoms. The van der Waals surface area contributed by atoms with Gasteiger partial charge in [0.1, 0.15) is 0 Å². The van der Waals surface area contributed by atoms with E-state index in [4.69, 9.17) is 9.57 Å². The van der Waals surface area contributed by atoms with Crippen molar-refractivity contribution in [3.63, 3.8) is 0 Å². The van der Waals surface area contributed by atoms with Crippen molar-refractivity contribution in [2.24, 2.45) is 5.28 Å². The van der Waals surface area contributed by atoms with Crippen molar-refractivity contribution >= 4 is 27.9 Å². The molecule has 0 bridgehead atoms. The zero-order valence-electron chi connectivity index (χ0n) is 27.7. The summed E-state index contributed by atoms with van der Waals surface area (Å²) >= 11 is 0. The Morgan fingerprint density at radius 1 is 0.981 bits per heavy atom. The highest BCUT2D eigenvalue weighted by molar-refractivity contribution is 7.90. The number of aryl methyl sites for hydroxylation is 1. The van der Waals surface area contributed by atoms with E-state index in [1.54, 1.807) is 41.1 Å². The number of carbonyl (C=O) groups is 3. The summed E-state index contributed by atoms with van der Waals surface area (Å²) in [5.74, 6) is -1.12. The van der Waals surface area contributed by atoms with Gasteiger partial charge in [0, 0.05) is 5.56 Å². The fourth-order valence-electron chi connectivity index (χ4n) is 5.03. The Morgan fingerprint density at radius 3 is 2.23 bits per heavy atom. The molecule has 0 saturated heterocycles. The van der Waals surface area contributed by atoms with Gasteiger partial charge in [-0.3, -0.25) is 9.59 Å². The van der Waals surface area contributed by atoms with E-state index in [2.05, 4.69) is 10.4 Å². The number of hydrogen-bond donors (Lipinski definition) is 1. The molecule has 0 aliphatic carbocycles. The molecule has 1 N–H and O–H groups in total. The van der Waals surface area contributed by atoms with Gasteiger partial charge in [-0.25, -0.2) is 27.5 Å². The van der Waals surface area contributed by atoms with Crippen LogP contribution in [0.3, 0.4) is 0 Å². The second-order valence-electron chi connectivity index (χ2n) is 11.5. The molecule has 274 valence electrons. The summed E-state index contributed by atoms with van der Waals surface area (Å²) in [5, 5.41) is 20.4. The Morgan fingerprint density at radius 2 is 1.62 bits per heavy atom. The average Bonchev–Trinajstić information content (AvgIpc) is 3.66. The number of carbonyl (C=O) groups excluding carboxylic acids is 3. The number of nitrogens with one attached hydrogen (secondary N) is 1. The van der Waals surface area contributed by atoms with Crippen LogP contribution in [0.15, 0.2) is 89.0 Å². The Balaban J connectivity index is 1.05. The maximum absolute atomic E-state index is 13.5. The Kier molecular flexibility index (Phi) is 11.1. The molecule has 15 nitrogen and oxygen atoms in total. The average molecular weight is 744 g/mol. The van der Waals surface area contributed by atoms with Gasteiger partial charge in [0.25, 0.3) is 21.8 Å². The number of rotatable bonds is 14. The highest BCUT2D eigenvalue weighted by atomic mass is 32.2. The zero-order valence-corrected chi connectivity index (χ0v) is 28.6. The molecule has 1 aliphatic heterocycles. The first-order valence-corrected chi connectivity index (χ1v) is 17.1. The first-order valence-electron chi connectivity index (χ1n) is 15.7. The number of amides is 3. The Hall–Kier alpha value is -5.98. The van der Waals surface area contributed by atoms with Crippen LogP contribution in [-0.4, -0.2) is 77.9 Å². The van der Waals surface area contributed by atoms with Gasteiger partial charge in [0.15, 0.2) is 5.69 Å². The van der Waals surface area contributed by atoms with Crippen LogP contribution < -0.4 is 4.72 Å². The molecule has 0 fully saturated rings. The molecule has 3 aromatic carbocycles. The number of aromatic nitrogens is 2. The topological polar surface area (TPSA) is 179 Å². The third-order valence-corrected chi connectivity index (χ3v) is 9.13. The van der Waals surface area contributed by atoms with Gasteiger partial charge in [-0.2, -0.15) is 18.3 Å². The molecule has 0 unspecified atom stereocenters. The lowest BCUT2D eigenvalue weighted by Gasteiger charge is -2.14. The molecular weight excluding hydrogens is 711 g/mol. The van der Waals surface area contributed by atoms with E-state index >= 15 is 0 Å². The summed E-state index contributed by atoms with van der Waals surface area (Å²) in [6, 6.07) is 18.7. The summed E-state index contributed by atoms with van der Waals surface area (Å²) in [6.45, 7) is 1.36. The summed E-state index contributed by atoms with van der Waals surface area (Å²) in [6.07, 6.45) is -4.69. The van der Waals surface area contributed by atoms with Crippen molar-refractivity contribution in [1.82, 2.24) is 24.4 Å². The quantitative estimate of drug-likeness (QED) is 0.0575. The smallest absolute Gasteiger partial charge is 0.435 e. The number of hydrogen-bond acceptors (Lipinski definition) is 10. The molecular formula is C33H32F3N7O8S. The number of unbranched alkanes of at least 4 members (excludes halogenated alkanes) is 2. The van der Waals surface area contributed by atoms with Crippen molar-refractivity contribution in [2.75, 3.05) is 26.9 Å². The number of fused-ring (bicyclic) bond motifs is 1. The van der Waals surface area contributed by atoms with Crippen molar-refractivity contribution in [1.29, 1.82) is 0 Å². The lowest BCUT2D eigenvalue weighted by atomic mass is 10.1. The Labute approximate surface area is 295 Å². The van der Waals surface area contributed by atoms with Gasteiger partial charge in [0.2, 0.25) is 12.0 Å². The van der Waals surface area contributed by atoms with E-state index in [1.807, 2.05) is 6.92 Å². The first-order chi connectivity index (χ1) is 24.7. The number of sulfonamides is 1. The number of nitrogens with zero attached hydrogens (tertiary/aromatic N) is 6.